The molecular weight excluding hydrogens is 1140 g/mol. The number of Topliss-reactive ketones (excluding diaryl/α,β-unsaturated/α-hetero) is 2. The van der Waals surface area contributed by atoms with Gasteiger partial charge in [0.15, 0.2) is 11.6 Å². The quantitative estimate of drug-likeness (QED) is 0.110. The number of halogens is 1. The monoisotopic (exact) mass is 1200 g/mol. The van der Waals surface area contributed by atoms with Crippen LogP contribution in [0.4, 0.5) is 9.59 Å². The number of aromatic amines is 2. The second-order valence-corrected chi connectivity index (χ2v) is 24.0. The van der Waals surface area contributed by atoms with Crippen LogP contribution in [0, 0.1) is 11.8 Å². The van der Waals surface area contributed by atoms with Gasteiger partial charge in [0.05, 0.1) is 53.9 Å². The molecule has 2 fully saturated rings. The minimum atomic E-state index is -0.356. The number of imidazole rings is 2. The van der Waals surface area contributed by atoms with Crippen molar-refractivity contribution in [1.82, 2.24) is 29.7 Å². The molecule has 2 aromatic heterocycles. The predicted octanol–water partition coefficient (Wildman–Crippen LogP) is 13.4. The number of hydrogen-bond donors (Lipinski definition) is 2. The second-order valence-electron chi connectivity index (χ2n) is 22.9. The van der Waals surface area contributed by atoms with Gasteiger partial charge < -0.3 is 38.4 Å². The Morgan fingerprint density at radius 2 is 1.07 bits per heavy atom. The minimum Gasteiger partial charge on any atom is -0.488 e. The smallest absolute Gasteiger partial charge is 0.410 e. The van der Waals surface area contributed by atoms with Crippen molar-refractivity contribution in [3.8, 4) is 56.3 Å². The number of ketones is 2. The molecule has 2 saturated heterocycles. The van der Waals surface area contributed by atoms with Crippen LogP contribution in [0.3, 0.4) is 0 Å². The molecule has 14 rings (SSSR count). The Balaban J connectivity index is 0.000000158. The normalized spacial score (nSPS) is 19.9. The van der Waals surface area contributed by atoms with Crippen LogP contribution in [0.1, 0.15) is 110 Å². The maximum atomic E-state index is 13.2. The van der Waals surface area contributed by atoms with Crippen molar-refractivity contribution in [3.63, 3.8) is 0 Å². The number of methoxy groups -OCH3 is 2. The lowest BCUT2D eigenvalue weighted by Crippen LogP contribution is -2.32. The van der Waals surface area contributed by atoms with Crippen LogP contribution < -0.4 is 9.47 Å². The fourth-order valence-electron chi connectivity index (χ4n) is 13.0. The number of amides is 2. The van der Waals surface area contributed by atoms with Gasteiger partial charge in [-0.15, -0.1) is 0 Å². The number of benzene rings is 6. The fourth-order valence-corrected chi connectivity index (χ4v) is 13.4. The first-order valence-corrected chi connectivity index (χ1v) is 30.1. The van der Waals surface area contributed by atoms with Gasteiger partial charge in [-0.2, -0.15) is 0 Å². The molecule has 2 aliphatic carbocycles. The number of ether oxygens (including phenoxy) is 6. The molecule has 0 bridgehead atoms. The van der Waals surface area contributed by atoms with Gasteiger partial charge in [-0.05, 0) is 131 Å². The van der Waals surface area contributed by atoms with Crippen molar-refractivity contribution in [2.75, 3.05) is 40.5 Å². The van der Waals surface area contributed by atoms with E-state index in [-0.39, 0.29) is 65.7 Å². The molecule has 2 N–H and O–H groups in total. The Morgan fingerprint density at radius 3 is 1.58 bits per heavy atom. The Bertz CT molecular complexity index is 3830. The van der Waals surface area contributed by atoms with Gasteiger partial charge >= 0.3 is 12.2 Å². The molecule has 17 heteroatoms. The minimum absolute atomic E-state index is 0.127. The molecule has 8 aromatic rings. The van der Waals surface area contributed by atoms with E-state index in [4.69, 9.17) is 38.4 Å². The summed E-state index contributed by atoms with van der Waals surface area (Å²) in [6, 6.07) is 39.7. The number of likely N-dealkylation sites (tertiary alicyclic amines) is 2. The molecule has 85 heavy (non-hydrogen) atoms. The first-order chi connectivity index (χ1) is 41.5. The Morgan fingerprint density at radius 1 is 0.576 bits per heavy atom. The summed E-state index contributed by atoms with van der Waals surface area (Å²) < 4.78 is 34.5. The largest absolute Gasteiger partial charge is 0.488 e. The summed E-state index contributed by atoms with van der Waals surface area (Å²) >= 11 is 3.50. The second kappa shape index (κ2) is 24.3. The van der Waals surface area contributed by atoms with Crippen LogP contribution in [0.5, 0.6) is 11.5 Å². The summed E-state index contributed by atoms with van der Waals surface area (Å²) in [6.45, 7) is 3.52. The third-order valence-electron chi connectivity index (χ3n) is 17.2. The Hall–Kier alpha value is -8.38. The van der Waals surface area contributed by atoms with Crippen LogP contribution >= 0.6 is 15.9 Å². The number of rotatable bonds is 12. The molecule has 6 heterocycles. The van der Waals surface area contributed by atoms with Gasteiger partial charge in [0.2, 0.25) is 0 Å². The van der Waals surface area contributed by atoms with E-state index in [1.165, 1.54) is 0 Å². The van der Waals surface area contributed by atoms with Crippen LogP contribution in [-0.2, 0) is 58.2 Å². The van der Waals surface area contributed by atoms with Crippen molar-refractivity contribution in [3.05, 3.63) is 190 Å². The average Bonchev–Trinajstić information content (AvgIpc) is 3.48. The van der Waals surface area contributed by atoms with E-state index in [2.05, 4.69) is 74.4 Å². The zero-order chi connectivity index (χ0) is 58.1. The molecule has 0 radical (unpaired) electrons. The maximum Gasteiger partial charge on any atom is 0.410 e. The fraction of sp³-hybridized carbons (Fsp3) is 0.324. The van der Waals surface area contributed by atoms with E-state index in [1.54, 1.807) is 24.0 Å². The lowest BCUT2D eigenvalue weighted by Gasteiger charge is -2.26. The number of alkyl halides is 1. The molecule has 6 aliphatic rings. The molecule has 0 saturated carbocycles. The Labute approximate surface area is 501 Å². The highest BCUT2D eigenvalue weighted by molar-refractivity contribution is 9.10. The summed E-state index contributed by atoms with van der Waals surface area (Å²) in [6.07, 6.45) is 8.50. The number of hydrogen-bond acceptors (Lipinski definition) is 12. The van der Waals surface area contributed by atoms with Crippen LogP contribution in [0.15, 0.2) is 134 Å². The molecule has 4 aliphatic heterocycles. The molecule has 6 aromatic carbocycles. The summed E-state index contributed by atoms with van der Waals surface area (Å²) in [5.41, 5.74) is 15.9. The highest BCUT2D eigenvalue weighted by Crippen LogP contribution is 2.45. The first kappa shape index (κ1) is 55.8. The third kappa shape index (κ3) is 11.5. The number of carbonyl (C=O) groups is 4. The van der Waals surface area contributed by atoms with Gasteiger partial charge in [0.1, 0.15) is 49.6 Å². The topological polar surface area (TPSA) is 188 Å². The van der Waals surface area contributed by atoms with Crippen LogP contribution in [0.2, 0.25) is 0 Å². The summed E-state index contributed by atoms with van der Waals surface area (Å²) in [4.78, 5) is 71.3. The van der Waals surface area contributed by atoms with Gasteiger partial charge in [-0.1, -0.05) is 101 Å². The molecular formula is C68H65BrN6O10. The SMILES string of the molecule is COC[C@H]1C[C@@H](c2ncc(-c3ccc4c(c3)COc3cc5c(cc3-4)CCC(Br)C5=O)[nH]2)N(C(=O)OCc2ccccc2)C1.COC[C@H]1C[C@@H](c2ncc(-c3ccc4c(c3)COc3cc5c(cc3-4)CCCC5=O)[nH]2)N(C(=O)OCc2ccccc2)C1. The molecule has 16 nitrogen and oxygen atoms in total. The van der Waals surface area contributed by atoms with E-state index < -0.39 is 0 Å². The van der Waals surface area contributed by atoms with E-state index >= 15 is 0 Å². The molecule has 5 atom stereocenters. The summed E-state index contributed by atoms with van der Waals surface area (Å²) in [5, 5.41) is 0. The van der Waals surface area contributed by atoms with E-state index in [1.807, 2.05) is 85.2 Å². The lowest BCUT2D eigenvalue weighted by molar-refractivity contribution is 0.0875. The van der Waals surface area contributed by atoms with Crippen molar-refractivity contribution >= 4 is 39.7 Å². The Kier molecular flexibility index (Phi) is 16.0. The first-order valence-electron chi connectivity index (χ1n) is 29.2. The standard InChI is InChI=1S/C34H32BrN3O5.C34H33N3O5/c1-41-17-21-11-30(38(16-21)34(40)43-18-20-5-3-2-4-6-20)33-36-15-29(37-33)23-7-9-25-24(12-23)19-42-31-14-26-22(13-27(25)31)8-10-28(35)32(26)39;1-40-18-22-12-30(37(17-22)34(39)42-19-21-6-3-2-4-7-21)33-35-16-29(36-33)24-10-11-26-25(13-24)20-41-32-15-27-23(14-28(26)32)8-5-9-31(27)38/h2-7,9,12-15,21,28,30H,8,10-11,16-19H2,1H3,(H,36,37);2-4,6-7,10-11,13-16,22,30H,5,8-9,12,17-20H2,1H3,(H,35,36)/t21-,28?,30-;22-,30-/m00/s1. The zero-order valence-electron chi connectivity index (χ0n) is 47.4. The van der Waals surface area contributed by atoms with Gasteiger partial charge in [-0.25, -0.2) is 19.6 Å². The number of carbonyl (C=O) groups excluding carboxylic acids is 4. The molecule has 434 valence electrons. The van der Waals surface area contributed by atoms with Gasteiger partial charge in [0.25, 0.3) is 0 Å². The van der Waals surface area contributed by atoms with Crippen molar-refractivity contribution in [1.29, 1.82) is 0 Å². The highest BCUT2D eigenvalue weighted by atomic mass is 79.9. The maximum absolute atomic E-state index is 13.2. The number of nitrogens with one attached hydrogen (secondary N) is 2. The van der Waals surface area contributed by atoms with E-state index in [9.17, 15) is 19.2 Å². The highest BCUT2D eigenvalue weighted by Gasteiger charge is 2.41. The van der Waals surface area contributed by atoms with Gasteiger partial charge in [0, 0.05) is 67.8 Å². The number of aryl methyl sites for hydroxylation is 2. The lowest BCUT2D eigenvalue weighted by atomic mass is 9.85. The van der Waals surface area contributed by atoms with E-state index in [0.29, 0.717) is 45.9 Å². The van der Waals surface area contributed by atoms with Crippen molar-refractivity contribution < 1.29 is 47.6 Å². The van der Waals surface area contributed by atoms with Crippen LogP contribution in [-0.4, -0.2) is 98.8 Å². The van der Waals surface area contributed by atoms with E-state index in [0.717, 1.165) is 151 Å². The van der Waals surface area contributed by atoms with Gasteiger partial charge in [-0.3, -0.25) is 19.4 Å². The summed E-state index contributed by atoms with van der Waals surface area (Å²) in [5.74, 6) is 3.71. The molecule has 0 spiro atoms. The third-order valence-corrected chi connectivity index (χ3v) is 18.1. The predicted molar refractivity (Wildman–Crippen MR) is 322 cm³/mol. The number of H-pyrrole nitrogens is 2. The number of nitrogens with zero attached hydrogens (tertiary/aromatic N) is 4. The molecule has 2 amide bonds. The zero-order valence-corrected chi connectivity index (χ0v) is 49.0. The summed E-state index contributed by atoms with van der Waals surface area (Å²) in [7, 11) is 3.37. The van der Waals surface area contributed by atoms with Crippen LogP contribution in [0.25, 0.3) is 44.8 Å². The number of fused-ring (bicyclic) bond motifs is 8. The number of aromatic nitrogens is 4. The van der Waals surface area contributed by atoms with Crippen molar-refractivity contribution in [2.45, 2.75) is 88.3 Å². The van der Waals surface area contributed by atoms with Crippen molar-refractivity contribution in [2.24, 2.45) is 11.8 Å². The average molecular weight is 1210 g/mol. The molecule has 1 unspecified atom stereocenters.